The molecule has 0 aliphatic heterocycles. The SMILES string of the molecule is CC(C)c1cc(-c2ccc(C(C)(C)C)cc2)cc(C(C)C)c1-n1c(-c2[c-]ccc3c2oc2cc(-c4ccccc4)ccc23)nc2ccccc21.[2H]C([2H])([2H])c1c[c-]c(-c2cc(C(C)(C)C)ccn2)cc1.[Ir]. The number of hydrogen-bond donors (Lipinski definition) is 0. The standard InChI is InChI=1S/C47H43N2O.C16H18N.Ir/c1-29(2)39-26-34(32-20-23-35(24-21-32)47(5,6)7)27-40(30(3)4)44(39)49-42-19-12-11-18-41(42)48-46(49)38-17-13-16-37-36-25-22-33(28-43(36)50-45(37)38)31-14-9-8-10-15-31;1-12-5-7-13(8-6-12)15-11-14(9-10-17-15)16(2,3)4;/h8-16,18-30H,1-7H3;5-7,9-11H,1-4H3;/q2*-1;/i;1D3;. The maximum absolute atomic E-state index is 7.36. The number of benzene rings is 7. The van der Waals surface area contributed by atoms with Crippen molar-refractivity contribution < 1.29 is 28.6 Å². The first-order valence-electron chi connectivity index (χ1n) is 24.9. The van der Waals surface area contributed by atoms with E-state index in [0.717, 1.165) is 61.2 Å². The topological polar surface area (TPSA) is 43.9 Å². The van der Waals surface area contributed by atoms with Gasteiger partial charge in [-0.3, -0.25) is 4.98 Å². The molecule has 0 aliphatic rings. The monoisotopic (exact) mass is 1070 g/mol. The third kappa shape index (κ3) is 9.66. The van der Waals surface area contributed by atoms with Crippen molar-refractivity contribution in [3.63, 3.8) is 0 Å². The minimum absolute atomic E-state index is 0. The molecule has 68 heavy (non-hydrogen) atoms. The quantitative estimate of drug-likeness (QED) is 0.149. The first-order chi connectivity index (χ1) is 33.3. The van der Waals surface area contributed by atoms with Gasteiger partial charge in [-0.25, -0.2) is 0 Å². The second kappa shape index (κ2) is 19.3. The fraction of sp³-hybridized carbons (Fsp3) is 0.238. The van der Waals surface area contributed by atoms with Crippen molar-refractivity contribution in [1.29, 1.82) is 0 Å². The third-order valence-corrected chi connectivity index (χ3v) is 12.8. The zero-order chi connectivity index (χ0) is 49.7. The van der Waals surface area contributed by atoms with Gasteiger partial charge in [-0.1, -0.05) is 172 Å². The largest absolute Gasteiger partial charge is 0.501 e. The number of aryl methyl sites for hydroxylation is 1. The van der Waals surface area contributed by atoms with Gasteiger partial charge in [0.2, 0.25) is 0 Å². The van der Waals surface area contributed by atoms with E-state index in [1.165, 1.54) is 50.7 Å². The Morgan fingerprint density at radius 2 is 1.28 bits per heavy atom. The van der Waals surface area contributed by atoms with Crippen LogP contribution in [0.25, 0.3) is 83.6 Å². The van der Waals surface area contributed by atoms with E-state index in [1.54, 1.807) is 18.3 Å². The molecule has 0 saturated heterocycles. The summed E-state index contributed by atoms with van der Waals surface area (Å²) >= 11 is 0. The molecular weight excluding hydrogens is 1010 g/mol. The van der Waals surface area contributed by atoms with E-state index in [0.29, 0.717) is 5.56 Å². The van der Waals surface area contributed by atoms with Gasteiger partial charge >= 0.3 is 0 Å². The zero-order valence-corrected chi connectivity index (χ0v) is 43.1. The fourth-order valence-electron chi connectivity index (χ4n) is 8.91. The second-order valence-electron chi connectivity index (χ2n) is 20.3. The van der Waals surface area contributed by atoms with Gasteiger partial charge in [0.15, 0.2) is 0 Å². The van der Waals surface area contributed by atoms with Crippen LogP contribution >= 0.6 is 0 Å². The van der Waals surface area contributed by atoms with Crippen LogP contribution in [-0.4, -0.2) is 14.5 Å². The van der Waals surface area contributed by atoms with Gasteiger partial charge in [0, 0.05) is 41.5 Å². The van der Waals surface area contributed by atoms with Crippen molar-refractivity contribution in [1.82, 2.24) is 14.5 Å². The summed E-state index contributed by atoms with van der Waals surface area (Å²) in [6.07, 6.45) is 1.78. The molecule has 0 unspecified atom stereocenters. The summed E-state index contributed by atoms with van der Waals surface area (Å²) in [5.41, 5.74) is 17.7. The van der Waals surface area contributed by atoms with Crippen LogP contribution in [0.2, 0.25) is 0 Å². The summed E-state index contributed by atoms with van der Waals surface area (Å²) in [4.78, 5) is 9.67. The number of para-hydroxylation sites is 2. The molecule has 3 aromatic heterocycles. The molecule has 0 aliphatic carbocycles. The number of furan rings is 1. The van der Waals surface area contributed by atoms with E-state index in [-0.39, 0.29) is 42.8 Å². The number of imidazole rings is 1. The van der Waals surface area contributed by atoms with Crippen LogP contribution in [0.1, 0.15) is 113 Å². The molecule has 3 heterocycles. The number of nitrogens with zero attached hydrogens (tertiary/aromatic N) is 3. The zero-order valence-electron chi connectivity index (χ0n) is 43.7. The van der Waals surface area contributed by atoms with Crippen LogP contribution in [0.5, 0.6) is 0 Å². The predicted molar refractivity (Wildman–Crippen MR) is 282 cm³/mol. The molecule has 0 fully saturated rings. The van der Waals surface area contributed by atoms with Gasteiger partial charge in [0.1, 0.15) is 5.58 Å². The van der Waals surface area contributed by atoms with Gasteiger partial charge in [-0.05, 0) is 109 Å². The Morgan fingerprint density at radius 1 is 0.618 bits per heavy atom. The van der Waals surface area contributed by atoms with Crippen LogP contribution in [0.3, 0.4) is 0 Å². The smallest absolute Gasteiger partial charge is 0.121 e. The van der Waals surface area contributed by atoms with Crippen molar-refractivity contribution in [3.8, 4) is 50.6 Å². The molecule has 345 valence electrons. The molecule has 0 amide bonds. The van der Waals surface area contributed by atoms with Crippen LogP contribution in [0.15, 0.2) is 162 Å². The summed E-state index contributed by atoms with van der Waals surface area (Å²) in [5.74, 6) is 1.38. The van der Waals surface area contributed by atoms with Gasteiger partial charge in [-0.15, -0.1) is 53.6 Å². The van der Waals surface area contributed by atoms with E-state index in [4.69, 9.17) is 13.5 Å². The van der Waals surface area contributed by atoms with Gasteiger partial charge in [-0.2, -0.15) is 0 Å². The van der Waals surface area contributed by atoms with E-state index in [1.807, 2.05) is 24.3 Å². The average Bonchev–Trinajstić information content (AvgIpc) is 3.92. The molecular formula is C63H61IrN3O-2. The van der Waals surface area contributed by atoms with Gasteiger partial charge in [0.25, 0.3) is 0 Å². The number of hydrogen-bond acceptors (Lipinski definition) is 3. The Kier molecular flexibility index (Phi) is 12.5. The first-order valence-corrected chi connectivity index (χ1v) is 23.4. The summed E-state index contributed by atoms with van der Waals surface area (Å²) in [7, 11) is 0. The molecule has 10 rings (SSSR count). The predicted octanol–water partition coefficient (Wildman–Crippen LogP) is 17.4. The molecule has 7 aromatic carbocycles. The van der Waals surface area contributed by atoms with Crippen LogP contribution < -0.4 is 0 Å². The van der Waals surface area contributed by atoms with Gasteiger partial charge in [0.05, 0.1) is 22.4 Å². The summed E-state index contributed by atoms with van der Waals surface area (Å²) in [6.45, 7) is 20.3. The molecule has 0 N–H and O–H groups in total. The summed E-state index contributed by atoms with van der Waals surface area (Å²) in [5, 5.41) is 2.15. The Morgan fingerprint density at radius 3 is 1.93 bits per heavy atom. The minimum Gasteiger partial charge on any atom is -0.501 e. The van der Waals surface area contributed by atoms with Crippen molar-refractivity contribution in [2.75, 3.05) is 0 Å². The molecule has 0 spiro atoms. The van der Waals surface area contributed by atoms with Crippen molar-refractivity contribution in [3.05, 3.63) is 198 Å². The normalized spacial score (nSPS) is 12.7. The molecule has 4 nitrogen and oxygen atoms in total. The van der Waals surface area contributed by atoms with Crippen LogP contribution in [0.4, 0.5) is 0 Å². The Labute approximate surface area is 421 Å². The number of pyridine rings is 1. The minimum atomic E-state index is -2.09. The average molecular weight is 1070 g/mol. The van der Waals surface area contributed by atoms with Crippen molar-refractivity contribution in [2.24, 2.45) is 0 Å². The van der Waals surface area contributed by atoms with E-state index in [2.05, 4.69) is 200 Å². The molecule has 0 saturated carbocycles. The number of fused-ring (bicyclic) bond motifs is 4. The summed E-state index contributed by atoms with van der Waals surface area (Å²) < 4.78 is 31.2. The molecule has 10 aromatic rings. The second-order valence-corrected chi connectivity index (χ2v) is 20.3. The Bertz CT molecular complexity index is 3450. The van der Waals surface area contributed by atoms with Gasteiger partial charge < -0.3 is 14.0 Å². The van der Waals surface area contributed by atoms with Crippen molar-refractivity contribution >= 4 is 33.0 Å². The Balaban J connectivity index is 0.000000271. The number of rotatable bonds is 7. The number of aromatic nitrogens is 3. The van der Waals surface area contributed by atoms with Crippen molar-refractivity contribution in [2.45, 2.75) is 98.8 Å². The molecule has 5 heteroatoms. The van der Waals surface area contributed by atoms with E-state index in [9.17, 15) is 0 Å². The molecule has 0 atom stereocenters. The van der Waals surface area contributed by atoms with Crippen LogP contribution in [0, 0.1) is 19.0 Å². The van der Waals surface area contributed by atoms with E-state index < -0.39 is 6.85 Å². The fourth-order valence-corrected chi connectivity index (χ4v) is 8.91. The van der Waals surface area contributed by atoms with Crippen LogP contribution in [-0.2, 0) is 30.9 Å². The Hall–Kier alpha value is -6.39. The molecule has 0 bridgehead atoms. The third-order valence-electron chi connectivity index (χ3n) is 12.8. The van der Waals surface area contributed by atoms with E-state index >= 15 is 0 Å². The first kappa shape index (κ1) is 44.1. The maximum atomic E-state index is 7.36. The molecule has 1 radical (unpaired) electrons. The summed E-state index contributed by atoms with van der Waals surface area (Å²) in [6, 6.07) is 59.0. The maximum Gasteiger partial charge on any atom is 0.121 e.